The lowest BCUT2D eigenvalue weighted by molar-refractivity contribution is 0.156. The first-order valence-electron chi connectivity index (χ1n) is 7.23. The van der Waals surface area contributed by atoms with Gasteiger partial charge < -0.3 is 0 Å². The van der Waals surface area contributed by atoms with Crippen molar-refractivity contribution in [1.82, 2.24) is 4.90 Å². The number of hydrogen-bond acceptors (Lipinski definition) is 1. The Morgan fingerprint density at radius 3 is 2.38 bits per heavy atom. The molecule has 1 aliphatic heterocycles. The van der Waals surface area contributed by atoms with Crippen molar-refractivity contribution < 1.29 is 0 Å². The van der Waals surface area contributed by atoms with Crippen LogP contribution < -0.4 is 0 Å². The van der Waals surface area contributed by atoms with Gasteiger partial charge in [0.1, 0.15) is 0 Å². The van der Waals surface area contributed by atoms with E-state index < -0.39 is 0 Å². The molecule has 1 saturated heterocycles. The molecule has 0 amide bonds. The first-order valence-corrected chi connectivity index (χ1v) is 7.77. The maximum absolute atomic E-state index is 5.82. The number of likely N-dealkylation sites (tertiary alicyclic amines) is 1. The van der Waals surface area contributed by atoms with Crippen LogP contribution in [0.2, 0.25) is 0 Å². The summed E-state index contributed by atoms with van der Waals surface area (Å²) in [5.41, 5.74) is 0. The van der Waals surface area contributed by atoms with Gasteiger partial charge in [-0.25, -0.2) is 0 Å². The van der Waals surface area contributed by atoms with E-state index in [-0.39, 0.29) is 0 Å². The summed E-state index contributed by atoms with van der Waals surface area (Å²) in [5, 5.41) is 0. The second-order valence-electron chi connectivity index (χ2n) is 5.51. The van der Waals surface area contributed by atoms with Crippen molar-refractivity contribution in [3.8, 4) is 0 Å². The monoisotopic (exact) mass is 243 g/mol. The van der Waals surface area contributed by atoms with Gasteiger partial charge in [0.25, 0.3) is 0 Å². The standard InChI is InChI=1S/C14H26ClN/c15-11-5-9-14-10-6-12-16(14)13-7-3-1-2-4-8-13/h13-14H,1-12H2. The van der Waals surface area contributed by atoms with Gasteiger partial charge in [0.2, 0.25) is 0 Å². The van der Waals surface area contributed by atoms with Gasteiger partial charge in [0, 0.05) is 18.0 Å². The summed E-state index contributed by atoms with van der Waals surface area (Å²) in [6, 6.07) is 1.77. The van der Waals surface area contributed by atoms with E-state index in [2.05, 4.69) is 4.90 Å². The molecular formula is C14H26ClN. The van der Waals surface area contributed by atoms with Crippen LogP contribution in [0.25, 0.3) is 0 Å². The van der Waals surface area contributed by atoms with Crippen molar-refractivity contribution >= 4 is 11.6 Å². The molecule has 0 spiro atoms. The number of nitrogens with zero attached hydrogens (tertiary/aromatic N) is 1. The van der Waals surface area contributed by atoms with E-state index in [1.807, 2.05) is 0 Å². The minimum atomic E-state index is 0.842. The Kier molecular flexibility index (Phi) is 5.44. The summed E-state index contributed by atoms with van der Waals surface area (Å²) in [4.78, 5) is 2.83. The third kappa shape index (κ3) is 3.37. The van der Waals surface area contributed by atoms with Crippen LogP contribution in [0.4, 0.5) is 0 Å². The molecule has 1 saturated carbocycles. The normalized spacial score (nSPS) is 29.4. The molecule has 2 heteroatoms. The summed E-state index contributed by atoms with van der Waals surface area (Å²) < 4.78 is 0. The first kappa shape index (κ1) is 12.7. The van der Waals surface area contributed by atoms with Gasteiger partial charge in [-0.15, -0.1) is 11.6 Å². The molecule has 0 aromatic rings. The summed E-state index contributed by atoms with van der Waals surface area (Å²) in [6.07, 6.45) is 14.2. The molecule has 16 heavy (non-hydrogen) atoms. The Bertz CT molecular complexity index is 187. The van der Waals surface area contributed by atoms with Crippen molar-refractivity contribution in [3.63, 3.8) is 0 Å². The van der Waals surface area contributed by atoms with Crippen LogP contribution in [0, 0.1) is 0 Å². The number of halogens is 1. The SMILES string of the molecule is ClCCCC1CCCN1C1CCCCCC1. The molecule has 2 rings (SSSR count). The molecule has 2 fully saturated rings. The minimum Gasteiger partial charge on any atom is -0.297 e. The van der Waals surface area contributed by atoms with Gasteiger partial charge >= 0.3 is 0 Å². The van der Waals surface area contributed by atoms with E-state index in [4.69, 9.17) is 11.6 Å². The molecular weight excluding hydrogens is 218 g/mol. The van der Waals surface area contributed by atoms with Gasteiger partial charge in [-0.1, -0.05) is 25.7 Å². The van der Waals surface area contributed by atoms with Crippen molar-refractivity contribution in [1.29, 1.82) is 0 Å². The molecule has 94 valence electrons. The molecule has 1 nitrogen and oxygen atoms in total. The number of alkyl halides is 1. The highest BCUT2D eigenvalue weighted by Crippen LogP contribution is 2.30. The summed E-state index contributed by atoms with van der Waals surface area (Å²) in [5.74, 6) is 0.842. The average molecular weight is 244 g/mol. The third-order valence-electron chi connectivity index (χ3n) is 4.39. The zero-order valence-electron chi connectivity index (χ0n) is 10.5. The smallest absolute Gasteiger partial charge is 0.0224 e. The molecule has 1 aliphatic carbocycles. The van der Waals surface area contributed by atoms with Crippen molar-refractivity contribution in [2.45, 2.75) is 76.3 Å². The minimum absolute atomic E-state index is 0.842. The van der Waals surface area contributed by atoms with E-state index in [0.717, 1.165) is 18.0 Å². The van der Waals surface area contributed by atoms with Gasteiger partial charge in [-0.3, -0.25) is 4.90 Å². The quantitative estimate of drug-likeness (QED) is 0.529. The summed E-state index contributed by atoms with van der Waals surface area (Å²) in [7, 11) is 0. The Balaban J connectivity index is 1.85. The number of rotatable bonds is 4. The molecule has 0 aromatic carbocycles. The first-order chi connectivity index (χ1) is 7.92. The molecule has 1 unspecified atom stereocenters. The maximum atomic E-state index is 5.82. The molecule has 0 N–H and O–H groups in total. The molecule has 1 heterocycles. The third-order valence-corrected chi connectivity index (χ3v) is 4.65. The second-order valence-corrected chi connectivity index (χ2v) is 5.89. The summed E-state index contributed by atoms with van der Waals surface area (Å²) in [6.45, 7) is 1.36. The molecule has 0 bridgehead atoms. The van der Waals surface area contributed by atoms with Gasteiger partial charge in [0.05, 0.1) is 0 Å². The van der Waals surface area contributed by atoms with Crippen LogP contribution in [0.5, 0.6) is 0 Å². The van der Waals surface area contributed by atoms with Gasteiger partial charge in [-0.2, -0.15) is 0 Å². The lowest BCUT2D eigenvalue weighted by atomic mass is 10.0. The highest BCUT2D eigenvalue weighted by molar-refractivity contribution is 6.17. The maximum Gasteiger partial charge on any atom is 0.0224 e. The van der Waals surface area contributed by atoms with E-state index in [9.17, 15) is 0 Å². The fraction of sp³-hybridized carbons (Fsp3) is 1.00. The van der Waals surface area contributed by atoms with Crippen LogP contribution >= 0.6 is 11.6 Å². The van der Waals surface area contributed by atoms with Gasteiger partial charge in [-0.05, 0) is 45.1 Å². The largest absolute Gasteiger partial charge is 0.297 e. The van der Waals surface area contributed by atoms with E-state index in [0.29, 0.717) is 0 Å². The van der Waals surface area contributed by atoms with Crippen LogP contribution in [0.15, 0.2) is 0 Å². The van der Waals surface area contributed by atoms with Crippen LogP contribution in [-0.4, -0.2) is 29.4 Å². The highest BCUT2D eigenvalue weighted by atomic mass is 35.5. The Morgan fingerprint density at radius 1 is 0.938 bits per heavy atom. The lowest BCUT2D eigenvalue weighted by Gasteiger charge is -2.32. The van der Waals surface area contributed by atoms with Crippen molar-refractivity contribution in [2.24, 2.45) is 0 Å². The molecule has 0 aromatic heterocycles. The fourth-order valence-corrected chi connectivity index (χ4v) is 3.71. The molecule has 2 aliphatic rings. The zero-order chi connectivity index (χ0) is 11.2. The highest BCUT2D eigenvalue weighted by Gasteiger charge is 2.30. The van der Waals surface area contributed by atoms with E-state index in [1.54, 1.807) is 0 Å². The molecule has 0 radical (unpaired) electrons. The van der Waals surface area contributed by atoms with Gasteiger partial charge in [0.15, 0.2) is 0 Å². The molecule has 1 atom stereocenters. The zero-order valence-corrected chi connectivity index (χ0v) is 11.2. The Morgan fingerprint density at radius 2 is 1.69 bits per heavy atom. The topological polar surface area (TPSA) is 3.24 Å². The van der Waals surface area contributed by atoms with E-state index in [1.165, 1.54) is 70.8 Å². The number of hydrogen-bond donors (Lipinski definition) is 0. The van der Waals surface area contributed by atoms with E-state index >= 15 is 0 Å². The van der Waals surface area contributed by atoms with Crippen LogP contribution in [0.1, 0.15) is 64.2 Å². The lowest BCUT2D eigenvalue weighted by Crippen LogP contribution is -2.38. The predicted molar refractivity (Wildman–Crippen MR) is 71.2 cm³/mol. The summed E-state index contributed by atoms with van der Waals surface area (Å²) >= 11 is 5.82. The Labute approximate surface area is 106 Å². The average Bonchev–Trinajstić information content (AvgIpc) is 2.60. The van der Waals surface area contributed by atoms with Crippen molar-refractivity contribution in [3.05, 3.63) is 0 Å². The Hall–Kier alpha value is 0.250. The second kappa shape index (κ2) is 6.86. The van der Waals surface area contributed by atoms with Crippen LogP contribution in [0.3, 0.4) is 0 Å². The predicted octanol–water partition coefficient (Wildman–Crippen LogP) is 4.19. The van der Waals surface area contributed by atoms with Crippen LogP contribution in [-0.2, 0) is 0 Å². The van der Waals surface area contributed by atoms with Crippen molar-refractivity contribution in [2.75, 3.05) is 12.4 Å². The fourth-order valence-electron chi connectivity index (χ4n) is 3.55.